The molecule has 0 saturated carbocycles. The Morgan fingerprint density at radius 2 is 1.83 bits per heavy atom. The van der Waals surface area contributed by atoms with Crippen LogP contribution in [0.5, 0.6) is 0 Å². The third-order valence-corrected chi connectivity index (χ3v) is 5.32. The number of anilines is 1. The second kappa shape index (κ2) is 7.40. The first kappa shape index (κ1) is 17.0. The Labute approximate surface area is 155 Å². The van der Waals surface area contributed by atoms with Crippen LogP contribution in [0.1, 0.15) is 5.56 Å². The highest BCUT2D eigenvalue weighted by Crippen LogP contribution is 2.27. The van der Waals surface area contributed by atoms with Gasteiger partial charge in [0.2, 0.25) is 0 Å². The van der Waals surface area contributed by atoms with Crippen LogP contribution < -0.4 is 4.90 Å². The SMILES string of the molecule is CN(C)c1ccc(-c2nnc(SCc3cccc(Br)c3)n2C)cc1. The van der Waals surface area contributed by atoms with Crippen molar-refractivity contribution in [3.63, 3.8) is 0 Å². The fourth-order valence-corrected chi connectivity index (χ4v) is 3.68. The maximum atomic E-state index is 4.36. The predicted molar refractivity (Wildman–Crippen MR) is 104 cm³/mol. The minimum absolute atomic E-state index is 0.866. The summed E-state index contributed by atoms with van der Waals surface area (Å²) in [5.74, 6) is 1.75. The Hall–Kier alpha value is -1.79. The van der Waals surface area contributed by atoms with E-state index in [2.05, 4.69) is 67.4 Å². The number of hydrogen-bond acceptors (Lipinski definition) is 4. The summed E-state index contributed by atoms with van der Waals surface area (Å²) < 4.78 is 3.15. The lowest BCUT2D eigenvalue weighted by atomic mass is 10.2. The number of rotatable bonds is 5. The number of thioether (sulfide) groups is 1. The van der Waals surface area contributed by atoms with Gasteiger partial charge in [0.05, 0.1) is 0 Å². The zero-order chi connectivity index (χ0) is 17.1. The number of hydrogen-bond donors (Lipinski definition) is 0. The molecule has 1 aromatic heterocycles. The van der Waals surface area contributed by atoms with Gasteiger partial charge in [-0.05, 0) is 42.0 Å². The van der Waals surface area contributed by atoms with Crippen molar-refractivity contribution in [3.8, 4) is 11.4 Å². The van der Waals surface area contributed by atoms with E-state index in [1.807, 2.05) is 37.8 Å². The number of halogens is 1. The molecule has 0 N–H and O–H groups in total. The predicted octanol–water partition coefficient (Wildman–Crippen LogP) is 4.60. The molecule has 0 spiro atoms. The largest absolute Gasteiger partial charge is 0.378 e. The Morgan fingerprint density at radius 3 is 2.50 bits per heavy atom. The van der Waals surface area contributed by atoms with E-state index in [4.69, 9.17) is 0 Å². The van der Waals surface area contributed by atoms with E-state index in [0.717, 1.165) is 26.8 Å². The molecule has 0 aliphatic heterocycles. The molecule has 0 atom stereocenters. The summed E-state index contributed by atoms with van der Waals surface area (Å²) in [6.07, 6.45) is 0. The van der Waals surface area contributed by atoms with Gasteiger partial charge in [0.1, 0.15) is 0 Å². The summed E-state index contributed by atoms with van der Waals surface area (Å²) in [6.45, 7) is 0. The standard InChI is InChI=1S/C18H19BrN4S/c1-22(2)16-9-7-14(8-10-16)17-20-21-18(23(17)3)24-12-13-5-4-6-15(19)11-13/h4-11H,12H2,1-3H3. The lowest BCUT2D eigenvalue weighted by Gasteiger charge is -2.12. The van der Waals surface area contributed by atoms with Crippen LogP contribution in [-0.2, 0) is 12.8 Å². The smallest absolute Gasteiger partial charge is 0.191 e. The molecule has 4 nitrogen and oxygen atoms in total. The van der Waals surface area contributed by atoms with E-state index in [9.17, 15) is 0 Å². The maximum Gasteiger partial charge on any atom is 0.191 e. The average Bonchev–Trinajstić information content (AvgIpc) is 2.94. The summed E-state index contributed by atoms with van der Waals surface area (Å²) in [7, 11) is 6.08. The van der Waals surface area contributed by atoms with Crippen molar-refractivity contribution in [2.24, 2.45) is 7.05 Å². The lowest BCUT2D eigenvalue weighted by molar-refractivity contribution is 0.794. The van der Waals surface area contributed by atoms with Crippen molar-refractivity contribution in [1.82, 2.24) is 14.8 Å². The van der Waals surface area contributed by atoms with Crippen LogP contribution in [0.15, 0.2) is 58.2 Å². The molecule has 0 unspecified atom stereocenters. The molecule has 6 heteroatoms. The third-order valence-electron chi connectivity index (χ3n) is 3.73. The van der Waals surface area contributed by atoms with Crippen molar-refractivity contribution in [3.05, 3.63) is 58.6 Å². The molecule has 2 aromatic carbocycles. The third kappa shape index (κ3) is 3.82. The number of benzene rings is 2. The molecule has 1 heterocycles. The summed E-state index contributed by atoms with van der Waals surface area (Å²) in [5, 5.41) is 9.62. The number of nitrogens with zero attached hydrogens (tertiary/aromatic N) is 4. The Kier molecular flexibility index (Phi) is 5.26. The molecule has 0 amide bonds. The van der Waals surface area contributed by atoms with Crippen LogP contribution in [-0.4, -0.2) is 28.9 Å². The zero-order valence-corrected chi connectivity index (χ0v) is 16.3. The zero-order valence-electron chi connectivity index (χ0n) is 13.9. The minimum Gasteiger partial charge on any atom is -0.378 e. The van der Waals surface area contributed by atoms with Gasteiger partial charge in [-0.3, -0.25) is 0 Å². The molecule has 0 radical (unpaired) electrons. The van der Waals surface area contributed by atoms with Crippen molar-refractivity contribution in [1.29, 1.82) is 0 Å². The molecule has 3 rings (SSSR count). The van der Waals surface area contributed by atoms with Gasteiger partial charge in [0, 0.05) is 42.6 Å². The first-order valence-electron chi connectivity index (χ1n) is 7.59. The molecule has 0 fully saturated rings. The molecule has 3 aromatic rings. The van der Waals surface area contributed by atoms with Gasteiger partial charge < -0.3 is 9.47 Å². The maximum absolute atomic E-state index is 4.36. The number of aromatic nitrogens is 3. The van der Waals surface area contributed by atoms with Crippen LogP contribution in [0.25, 0.3) is 11.4 Å². The van der Waals surface area contributed by atoms with Crippen LogP contribution in [0.3, 0.4) is 0 Å². The molecule has 0 aliphatic carbocycles. The minimum atomic E-state index is 0.866. The van der Waals surface area contributed by atoms with Crippen LogP contribution >= 0.6 is 27.7 Å². The van der Waals surface area contributed by atoms with Gasteiger partial charge in [0.15, 0.2) is 11.0 Å². The monoisotopic (exact) mass is 402 g/mol. The Morgan fingerprint density at radius 1 is 1.08 bits per heavy atom. The van der Waals surface area contributed by atoms with Gasteiger partial charge in [0.25, 0.3) is 0 Å². The first-order valence-corrected chi connectivity index (χ1v) is 9.37. The summed E-state index contributed by atoms with van der Waals surface area (Å²) in [4.78, 5) is 2.08. The normalized spacial score (nSPS) is 10.8. The highest BCUT2D eigenvalue weighted by atomic mass is 79.9. The first-order chi connectivity index (χ1) is 11.5. The quantitative estimate of drug-likeness (QED) is 0.583. The fraction of sp³-hybridized carbons (Fsp3) is 0.222. The Balaban J connectivity index is 1.76. The topological polar surface area (TPSA) is 34.0 Å². The second-order valence-corrected chi connectivity index (χ2v) is 7.58. The second-order valence-electron chi connectivity index (χ2n) is 5.73. The van der Waals surface area contributed by atoms with E-state index < -0.39 is 0 Å². The Bertz CT molecular complexity index is 827. The molecular weight excluding hydrogens is 384 g/mol. The van der Waals surface area contributed by atoms with E-state index in [1.54, 1.807) is 11.8 Å². The van der Waals surface area contributed by atoms with E-state index in [1.165, 1.54) is 11.3 Å². The van der Waals surface area contributed by atoms with Crippen LogP contribution in [0, 0.1) is 0 Å². The van der Waals surface area contributed by atoms with Gasteiger partial charge in [-0.15, -0.1) is 10.2 Å². The fourth-order valence-electron chi connectivity index (χ4n) is 2.38. The highest BCUT2D eigenvalue weighted by Gasteiger charge is 2.11. The molecule has 0 bridgehead atoms. The van der Waals surface area contributed by atoms with Crippen molar-refractivity contribution < 1.29 is 0 Å². The van der Waals surface area contributed by atoms with Gasteiger partial charge in [-0.25, -0.2) is 0 Å². The molecule has 24 heavy (non-hydrogen) atoms. The van der Waals surface area contributed by atoms with E-state index in [0.29, 0.717) is 0 Å². The van der Waals surface area contributed by atoms with Crippen molar-refractivity contribution >= 4 is 33.4 Å². The summed E-state index contributed by atoms with van der Waals surface area (Å²) >= 11 is 5.20. The van der Waals surface area contributed by atoms with Gasteiger partial charge in [-0.2, -0.15) is 0 Å². The summed E-state index contributed by atoms with van der Waals surface area (Å²) in [6, 6.07) is 16.7. The molecular formula is C18H19BrN4S. The van der Waals surface area contributed by atoms with Crippen molar-refractivity contribution in [2.45, 2.75) is 10.9 Å². The molecule has 124 valence electrons. The molecule has 0 saturated heterocycles. The van der Waals surface area contributed by atoms with Gasteiger partial charge in [-0.1, -0.05) is 39.8 Å². The average molecular weight is 403 g/mol. The van der Waals surface area contributed by atoms with Crippen molar-refractivity contribution in [2.75, 3.05) is 19.0 Å². The summed E-state index contributed by atoms with van der Waals surface area (Å²) in [5.41, 5.74) is 3.50. The van der Waals surface area contributed by atoms with Crippen LogP contribution in [0.4, 0.5) is 5.69 Å². The molecule has 0 aliphatic rings. The van der Waals surface area contributed by atoms with Crippen LogP contribution in [0.2, 0.25) is 0 Å². The van der Waals surface area contributed by atoms with Gasteiger partial charge >= 0.3 is 0 Å². The van der Waals surface area contributed by atoms with E-state index in [-0.39, 0.29) is 0 Å². The highest BCUT2D eigenvalue weighted by molar-refractivity contribution is 9.10. The lowest BCUT2D eigenvalue weighted by Crippen LogP contribution is -2.08. The van der Waals surface area contributed by atoms with E-state index >= 15 is 0 Å².